The van der Waals surface area contributed by atoms with E-state index in [1.165, 1.54) is 11.6 Å². The minimum absolute atomic E-state index is 0.0991. The van der Waals surface area contributed by atoms with Crippen molar-refractivity contribution in [1.82, 2.24) is 0 Å². The summed E-state index contributed by atoms with van der Waals surface area (Å²) in [7, 11) is 0. The number of carbonyl (C=O) groups is 1. The van der Waals surface area contributed by atoms with E-state index in [-0.39, 0.29) is 12.5 Å². The van der Waals surface area contributed by atoms with E-state index in [4.69, 9.17) is 0 Å². The fourth-order valence-corrected chi connectivity index (χ4v) is 1.80. The Hall–Kier alpha value is -2.39. The first-order valence-corrected chi connectivity index (χ1v) is 6.43. The molecule has 0 bridgehead atoms. The summed E-state index contributed by atoms with van der Waals surface area (Å²) in [5, 5.41) is 12.0. The molecule has 0 atom stereocenters. The summed E-state index contributed by atoms with van der Waals surface area (Å²) in [4.78, 5) is 11.8. The van der Waals surface area contributed by atoms with Crippen LogP contribution in [0.4, 0.5) is 5.69 Å². The largest absolute Gasteiger partial charge is 0.392 e. The van der Waals surface area contributed by atoms with Crippen LogP contribution in [0, 0.1) is 6.92 Å². The number of aliphatic hydroxyl groups excluding tert-OH is 1. The molecule has 0 saturated carbocycles. The van der Waals surface area contributed by atoms with Crippen molar-refractivity contribution in [3.63, 3.8) is 0 Å². The highest BCUT2D eigenvalue weighted by molar-refractivity contribution is 6.02. The summed E-state index contributed by atoms with van der Waals surface area (Å²) in [5.74, 6) is -0.216. The van der Waals surface area contributed by atoms with Crippen molar-refractivity contribution < 1.29 is 9.90 Å². The van der Waals surface area contributed by atoms with Crippen molar-refractivity contribution in [2.45, 2.75) is 13.5 Å². The third kappa shape index (κ3) is 3.80. The normalized spacial score (nSPS) is 10.7. The predicted octanol–water partition coefficient (Wildman–Crippen LogP) is 3.14. The van der Waals surface area contributed by atoms with Crippen molar-refractivity contribution >= 4 is 17.7 Å². The van der Waals surface area contributed by atoms with Gasteiger partial charge < -0.3 is 10.4 Å². The third-order valence-corrected chi connectivity index (χ3v) is 2.95. The number of aryl methyl sites for hydroxylation is 1. The van der Waals surface area contributed by atoms with E-state index in [1.54, 1.807) is 18.2 Å². The van der Waals surface area contributed by atoms with Crippen molar-refractivity contribution in [3.05, 3.63) is 71.3 Å². The summed E-state index contributed by atoms with van der Waals surface area (Å²) in [6.45, 7) is 1.92. The molecule has 0 fully saturated rings. The lowest BCUT2D eigenvalue weighted by Crippen LogP contribution is -2.09. The summed E-state index contributed by atoms with van der Waals surface area (Å²) in [5.41, 5.74) is 3.49. The van der Waals surface area contributed by atoms with Crippen LogP contribution in [0.25, 0.3) is 6.08 Å². The Bertz CT molecular complexity index is 615. The second-order valence-corrected chi connectivity index (χ2v) is 4.55. The molecule has 2 N–H and O–H groups in total. The Balaban J connectivity index is 2.03. The lowest BCUT2D eigenvalue weighted by molar-refractivity contribution is -0.111. The lowest BCUT2D eigenvalue weighted by atomic mass is 10.1. The molecule has 0 radical (unpaired) electrons. The van der Waals surface area contributed by atoms with Gasteiger partial charge in [-0.05, 0) is 24.6 Å². The molecule has 3 heteroatoms. The maximum Gasteiger partial charge on any atom is 0.248 e. The number of amides is 1. The molecule has 2 rings (SSSR count). The van der Waals surface area contributed by atoms with E-state index < -0.39 is 0 Å². The number of rotatable bonds is 4. The number of anilines is 1. The van der Waals surface area contributed by atoms with Gasteiger partial charge in [0.05, 0.1) is 6.61 Å². The Morgan fingerprint density at radius 3 is 2.55 bits per heavy atom. The first-order valence-electron chi connectivity index (χ1n) is 6.43. The zero-order valence-corrected chi connectivity index (χ0v) is 11.3. The van der Waals surface area contributed by atoms with Crippen molar-refractivity contribution in [2.24, 2.45) is 0 Å². The first-order chi connectivity index (χ1) is 9.69. The Morgan fingerprint density at radius 2 is 1.85 bits per heavy atom. The molecule has 0 unspecified atom stereocenters. The fourth-order valence-electron chi connectivity index (χ4n) is 1.80. The maximum absolute atomic E-state index is 11.8. The first kappa shape index (κ1) is 14.0. The minimum atomic E-state index is -0.216. The van der Waals surface area contributed by atoms with Gasteiger partial charge in [-0.2, -0.15) is 0 Å². The standard InChI is InChI=1S/C17H17NO2/c1-13-6-8-14(9-7-13)10-11-17(20)18-16-5-3-2-4-15(16)12-19/h2-11,19H,12H2,1H3,(H,18,20). The number of nitrogens with one attached hydrogen (secondary N) is 1. The van der Waals surface area contributed by atoms with Gasteiger partial charge in [-0.15, -0.1) is 0 Å². The summed E-state index contributed by atoms with van der Waals surface area (Å²) < 4.78 is 0. The molecule has 0 heterocycles. The van der Waals surface area contributed by atoms with Crippen LogP contribution in [-0.4, -0.2) is 11.0 Å². The monoisotopic (exact) mass is 267 g/mol. The molecule has 20 heavy (non-hydrogen) atoms. The SMILES string of the molecule is Cc1ccc(C=CC(=O)Nc2ccccc2CO)cc1. The summed E-state index contributed by atoms with van der Waals surface area (Å²) >= 11 is 0. The second-order valence-electron chi connectivity index (χ2n) is 4.55. The van der Waals surface area contributed by atoms with Gasteiger partial charge >= 0.3 is 0 Å². The van der Waals surface area contributed by atoms with Gasteiger partial charge in [-0.25, -0.2) is 0 Å². The number of aliphatic hydroxyl groups is 1. The predicted molar refractivity (Wildman–Crippen MR) is 81.2 cm³/mol. The van der Waals surface area contributed by atoms with Gasteiger partial charge in [0.15, 0.2) is 0 Å². The third-order valence-electron chi connectivity index (χ3n) is 2.95. The van der Waals surface area contributed by atoms with E-state index in [9.17, 15) is 9.90 Å². The molecule has 1 amide bonds. The van der Waals surface area contributed by atoms with E-state index in [1.807, 2.05) is 43.3 Å². The maximum atomic E-state index is 11.8. The zero-order chi connectivity index (χ0) is 14.4. The second kappa shape index (κ2) is 6.68. The van der Waals surface area contributed by atoms with Gasteiger partial charge in [0.1, 0.15) is 0 Å². The van der Waals surface area contributed by atoms with Crippen LogP contribution in [0.1, 0.15) is 16.7 Å². The Labute approximate surface area is 118 Å². The van der Waals surface area contributed by atoms with Crippen LogP contribution < -0.4 is 5.32 Å². The van der Waals surface area contributed by atoms with E-state index >= 15 is 0 Å². The molecule has 0 aromatic heterocycles. The summed E-state index contributed by atoms with van der Waals surface area (Å²) in [6, 6.07) is 15.1. The van der Waals surface area contributed by atoms with Crippen LogP contribution in [0.3, 0.4) is 0 Å². The van der Waals surface area contributed by atoms with Gasteiger partial charge in [-0.1, -0.05) is 48.0 Å². The van der Waals surface area contributed by atoms with Crippen molar-refractivity contribution in [2.75, 3.05) is 5.32 Å². The molecule has 3 nitrogen and oxygen atoms in total. The zero-order valence-electron chi connectivity index (χ0n) is 11.3. The number of hydrogen-bond acceptors (Lipinski definition) is 2. The van der Waals surface area contributed by atoms with Crippen molar-refractivity contribution in [1.29, 1.82) is 0 Å². The lowest BCUT2D eigenvalue weighted by Gasteiger charge is -2.06. The van der Waals surface area contributed by atoms with Crippen LogP contribution in [-0.2, 0) is 11.4 Å². The number of hydrogen-bond donors (Lipinski definition) is 2. The quantitative estimate of drug-likeness (QED) is 0.836. The van der Waals surface area contributed by atoms with E-state index in [2.05, 4.69) is 5.32 Å². The van der Waals surface area contributed by atoms with Gasteiger partial charge in [0.2, 0.25) is 5.91 Å². The van der Waals surface area contributed by atoms with Crippen LogP contribution in [0.2, 0.25) is 0 Å². The average Bonchev–Trinajstić information content (AvgIpc) is 2.47. The highest BCUT2D eigenvalue weighted by Crippen LogP contribution is 2.14. The topological polar surface area (TPSA) is 49.3 Å². The van der Waals surface area contributed by atoms with Gasteiger partial charge in [-0.3, -0.25) is 4.79 Å². The molecule has 0 aliphatic carbocycles. The van der Waals surface area contributed by atoms with Crippen molar-refractivity contribution in [3.8, 4) is 0 Å². The molecule has 0 spiro atoms. The smallest absolute Gasteiger partial charge is 0.248 e. The van der Waals surface area contributed by atoms with Gasteiger partial charge in [0, 0.05) is 17.3 Å². The van der Waals surface area contributed by atoms with Crippen LogP contribution in [0.15, 0.2) is 54.6 Å². The highest BCUT2D eigenvalue weighted by Gasteiger charge is 2.02. The Morgan fingerprint density at radius 1 is 1.15 bits per heavy atom. The summed E-state index contributed by atoms with van der Waals surface area (Å²) in [6.07, 6.45) is 3.25. The van der Waals surface area contributed by atoms with E-state index in [0.717, 1.165) is 5.56 Å². The number of carbonyl (C=O) groups excluding carboxylic acids is 1. The van der Waals surface area contributed by atoms with Crippen LogP contribution in [0.5, 0.6) is 0 Å². The van der Waals surface area contributed by atoms with E-state index in [0.29, 0.717) is 11.3 Å². The average molecular weight is 267 g/mol. The van der Waals surface area contributed by atoms with Crippen LogP contribution >= 0.6 is 0 Å². The number of para-hydroxylation sites is 1. The molecule has 0 aliphatic rings. The number of benzene rings is 2. The molecule has 0 saturated heterocycles. The highest BCUT2D eigenvalue weighted by atomic mass is 16.3. The molecule has 102 valence electrons. The fraction of sp³-hybridized carbons (Fsp3) is 0.118. The molecular weight excluding hydrogens is 250 g/mol. The molecular formula is C17H17NO2. The molecule has 2 aromatic carbocycles. The Kier molecular flexibility index (Phi) is 4.69. The van der Waals surface area contributed by atoms with Gasteiger partial charge in [0.25, 0.3) is 0 Å². The molecule has 2 aromatic rings. The minimum Gasteiger partial charge on any atom is -0.392 e. The molecule has 0 aliphatic heterocycles.